The number of benzene rings is 2. The van der Waals surface area contributed by atoms with Crippen LogP contribution in [0.3, 0.4) is 0 Å². The molecule has 0 amide bonds. The quantitative estimate of drug-likeness (QED) is 0.287. The Kier molecular flexibility index (Phi) is 8.66. The van der Waals surface area contributed by atoms with E-state index in [4.69, 9.17) is 35.4 Å². The number of rotatable bonds is 8. The summed E-state index contributed by atoms with van der Waals surface area (Å²) in [6.45, 7) is -3.41. The van der Waals surface area contributed by atoms with E-state index in [0.717, 1.165) is 18.2 Å². The van der Waals surface area contributed by atoms with Crippen LogP contribution < -0.4 is 20.1 Å². The Morgan fingerprint density at radius 3 is 2.06 bits per heavy atom. The van der Waals surface area contributed by atoms with Crippen LogP contribution in [0, 0.1) is 0 Å². The summed E-state index contributed by atoms with van der Waals surface area (Å²) in [6, 6.07) is 7.40. The number of thiocarbonyl (C=S) groups is 1. The maximum absolute atomic E-state index is 13.1. The van der Waals surface area contributed by atoms with Crippen LogP contribution in [0.4, 0.5) is 42.1 Å². The van der Waals surface area contributed by atoms with Gasteiger partial charge in [0.15, 0.2) is 18.3 Å². The van der Waals surface area contributed by atoms with Gasteiger partial charge in [0.25, 0.3) is 0 Å². The molecule has 2 N–H and O–H groups in total. The van der Waals surface area contributed by atoms with Gasteiger partial charge in [0.2, 0.25) is 0 Å². The molecule has 0 fully saturated rings. The van der Waals surface area contributed by atoms with Gasteiger partial charge >= 0.3 is 18.5 Å². The lowest BCUT2D eigenvalue weighted by Crippen LogP contribution is -2.33. The molecular formula is C18H13Cl2F7N2O2S. The molecule has 0 saturated carbocycles. The standard InChI is InChI=1S/C18H13Cl2F7N2O2S/c19-9-1-2-13(20)14(3-9)29-16(32)28-10-4-11(30-7-17(23,24)15(21)22)6-12(5-10)31-8-18(25,26)27/h1-6,15H,7-8H2,(H2,28,29,32). The van der Waals surface area contributed by atoms with Gasteiger partial charge in [-0.3, -0.25) is 0 Å². The molecule has 0 aromatic heterocycles. The molecule has 0 saturated heterocycles. The Morgan fingerprint density at radius 1 is 0.906 bits per heavy atom. The fourth-order valence-electron chi connectivity index (χ4n) is 2.10. The summed E-state index contributed by atoms with van der Waals surface area (Å²) in [6.07, 6.45) is -8.68. The first kappa shape index (κ1) is 26.1. The summed E-state index contributed by atoms with van der Waals surface area (Å²) in [5, 5.41) is 5.74. The maximum atomic E-state index is 13.1. The van der Waals surface area contributed by atoms with E-state index >= 15 is 0 Å². The minimum atomic E-state index is -4.69. The highest BCUT2D eigenvalue weighted by Crippen LogP contribution is 2.31. The average molecular weight is 525 g/mol. The average Bonchev–Trinajstić information content (AvgIpc) is 2.67. The van der Waals surface area contributed by atoms with Crippen molar-refractivity contribution in [3.63, 3.8) is 0 Å². The fraction of sp³-hybridized carbons (Fsp3) is 0.278. The van der Waals surface area contributed by atoms with Crippen molar-refractivity contribution in [2.45, 2.75) is 18.5 Å². The van der Waals surface area contributed by atoms with Crippen LogP contribution in [-0.2, 0) is 0 Å². The molecule has 0 aliphatic carbocycles. The minimum absolute atomic E-state index is 0.0457. The SMILES string of the molecule is FC(F)C(F)(F)COc1cc(NC(=S)Nc2cc(Cl)ccc2Cl)cc(OCC(F)(F)F)c1. The maximum Gasteiger partial charge on any atom is 0.422 e. The zero-order valence-electron chi connectivity index (χ0n) is 15.6. The molecule has 176 valence electrons. The van der Waals surface area contributed by atoms with Crippen LogP contribution in [-0.4, -0.2) is 36.9 Å². The second kappa shape index (κ2) is 10.6. The van der Waals surface area contributed by atoms with Crippen molar-refractivity contribution in [1.82, 2.24) is 0 Å². The zero-order valence-corrected chi connectivity index (χ0v) is 17.9. The first-order valence-corrected chi connectivity index (χ1v) is 9.58. The molecule has 0 aliphatic heterocycles. The highest BCUT2D eigenvalue weighted by molar-refractivity contribution is 7.80. The largest absolute Gasteiger partial charge is 0.487 e. The third-order valence-corrected chi connectivity index (χ3v) is 4.24. The van der Waals surface area contributed by atoms with Gasteiger partial charge in [-0.2, -0.15) is 22.0 Å². The molecule has 0 spiro atoms. The van der Waals surface area contributed by atoms with Gasteiger partial charge in [-0.15, -0.1) is 0 Å². The van der Waals surface area contributed by atoms with Crippen LogP contribution in [0.15, 0.2) is 36.4 Å². The summed E-state index contributed by atoms with van der Waals surface area (Å²) >= 11 is 16.9. The lowest BCUT2D eigenvalue weighted by atomic mass is 10.2. The van der Waals surface area contributed by atoms with Crippen molar-refractivity contribution >= 4 is 51.9 Å². The van der Waals surface area contributed by atoms with Gasteiger partial charge in [0.1, 0.15) is 11.5 Å². The van der Waals surface area contributed by atoms with Gasteiger partial charge < -0.3 is 20.1 Å². The first-order valence-electron chi connectivity index (χ1n) is 8.41. The summed E-state index contributed by atoms with van der Waals surface area (Å²) in [5.41, 5.74) is 0.255. The number of halogens is 9. The Hall–Kier alpha value is -2.18. The highest BCUT2D eigenvalue weighted by Gasteiger charge is 2.41. The fourth-order valence-corrected chi connectivity index (χ4v) is 2.66. The van der Waals surface area contributed by atoms with Crippen LogP contribution in [0.2, 0.25) is 10.0 Å². The summed E-state index contributed by atoms with van der Waals surface area (Å²) in [7, 11) is 0. The molecular weight excluding hydrogens is 512 g/mol. The molecule has 32 heavy (non-hydrogen) atoms. The molecule has 0 radical (unpaired) electrons. The molecule has 2 rings (SSSR count). The molecule has 0 atom stereocenters. The van der Waals surface area contributed by atoms with Crippen molar-refractivity contribution in [2.24, 2.45) is 0 Å². The van der Waals surface area contributed by atoms with E-state index in [2.05, 4.69) is 20.1 Å². The predicted molar refractivity (Wildman–Crippen MR) is 111 cm³/mol. The van der Waals surface area contributed by atoms with Crippen LogP contribution in [0.5, 0.6) is 11.5 Å². The topological polar surface area (TPSA) is 42.5 Å². The van der Waals surface area contributed by atoms with E-state index in [1.54, 1.807) is 0 Å². The highest BCUT2D eigenvalue weighted by atomic mass is 35.5. The van der Waals surface area contributed by atoms with E-state index in [9.17, 15) is 30.7 Å². The molecule has 0 unspecified atom stereocenters. The van der Waals surface area contributed by atoms with Gasteiger partial charge in [0.05, 0.1) is 10.7 Å². The number of nitrogens with one attached hydrogen (secondary N) is 2. The van der Waals surface area contributed by atoms with Crippen molar-refractivity contribution in [3.8, 4) is 11.5 Å². The monoisotopic (exact) mass is 524 g/mol. The van der Waals surface area contributed by atoms with Crippen LogP contribution in [0.25, 0.3) is 0 Å². The van der Waals surface area contributed by atoms with Crippen LogP contribution >= 0.6 is 35.4 Å². The molecule has 4 nitrogen and oxygen atoms in total. The third kappa shape index (κ3) is 8.40. The number of alkyl halides is 7. The van der Waals surface area contributed by atoms with E-state index in [1.807, 2.05) is 0 Å². The summed E-state index contributed by atoms with van der Waals surface area (Å²) in [4.78, 5) is 0. The van der Waals surface area contributed by atoms with Crippen molar-refractivity contribution in [3.05, 3.63) is 46.4 Å². The lowest BCUT2D eigenvalue weighted by Gasteiger charge is -2.18. The summed E-state index contributed by atoms with van der Waals surface area (Å²) < 4.78 is 97.5. The van der Waals surface area contributed by atoms with Gasteiger partial charge in [-0.05, 0) is 30.4 Å². The van der Waals surface area contributed by atoms with E-state index in [-0.39, 0.29) is 15.8 Å². The van der Waals surface area contributed by atoms with Gasteiger partial charge in [0, 0.05) is 28.9 Å². The van der Waals surface area contributed by atoms with Crippen molar-refractivity contribution in [1.29, 1.82) is 0 Å². The van der Waals surface area contributed by atoms with Crippen LogP contribution in [0.1, 0.15) is 0 Å². The molecule has 0 aliphatic rings. The van der Waals surface area contributed by atoms with Gasteiger partial charge in [-0.25, -0.2) is 8.78 Å². The minimum Gasteiger partial charge on any atom is -0.487 e. The van der Waals surface area contributed by atoms with E-state index < -0.39 is 43.2 Å². The number of hydrogen-bond donors (Lipinski definition) is 2. The molecule has 0 heterocycles. The molecule has 2 aromatic rings. The molecule has 2 aromatic carbocycles. The second-order valence-electron chi connectivity index (χ2n) is 6.15. The van der Waals surface area contributed by atoms with Crippen molar-refractivity contribution in [2.75, 3.05) is 23.8 Å². The number of anilines is 2. The van der Waals surface area contributed by atoms with E-state index in [1.165, 1.54) is 18.2 Å². The normalized spacial score (nSPS) is 11.9. The lowest BCUT2D eigenvalue weighted by molar-refractivity contribution is -0.153. The predicted octanol–water partition coefficient (Wildman–Crippen LogP) is 7.02. The summed E-state index contributed by atoms with van der Waals surface area (Å²) in [5.74, 6) is -5.38. The number of hydrogen-bond acceptors (Lipinski definition) is 3. The Balaban J connectivity index is 2.21. The second-order valence-corrected chi connectivity index (χ2v) is 7.40. The zero-order chi connectivity index (χ0) is 24.1. The smallest absolute Gasteiger partial charge is 0.422 e. The van der Waals surface area contributed by atoms with Gasteiger partial charge in [-0.1, -0.05) is 23.2 Å². The first-order chi connectivity index (χ1) is 14.7. The van der Waals surface area contributed by atoms with Crippen molar-refractivity contribution < 1.29 is 40.2 Å². The molecule has 14 heteroatoms. The Morgan fingerprint density at radius 2 is 1.50 bits per heavy atom. The molecule has 0 bridgehead atoms. The number of ether oxygens (including phenoxy) is 2. The van der Waals surface area contributed by atoms with E-state index in [0.29, 0.717) is 10.7 Å². The Bertz CT molecular complexity index is 961. The Labute approximate surface area is 192 Å². The third-order valence-electron chi connectivity index (χ3n) is 3.47.